The molecule has 80 valence electrons. The number of likely N-dealkylation sites (tertiary alicyclic amines) is 1. The van der Waals surface area contributed by atoms with E-state index in [4.69, 9.17) is 4.74 Å². The Balaban J connectivity index is 1.93. The molecule has 0 aromatic rings. The highest BCUT2D eigenvalue weighted by Gasteiger charge is 2.41. The molecule has 2 atom stereocenters. The number of amides is 1. The molecule has 3 nitrogen and oxygen atoms in total. The number of carbonyl (C=O) groups is 1. The molecule has 0 unspecified atom stereocenters. The third kappa shape index (κ3) is 1.86. The predicted molar refractivity (Wildman–Crippen MR) is 54.1 cm³/mol. The average molecular weight is 197 g/mol. The molecular formula is C11H19NO2. The van der Waals surface area contributed by atoms with Gasteiger partial charge in [-0.3, -0.25) is 0 Å². The maximum atomic E-state index is 11.8. The number of rotatable bonds is 0. The van der Waals surface area contributed by atoms with Gasteiger partial charge in [0.15, 0.2) is 0 Å². The van der Waals surface area contributed by atoms with Crippen LogP contribution in [-0.2, 0) is 4.74 Å². The molecule has 0 aromatic carbocycles. The van der Waals surface area contributed by atoms with Crippen LogP contribution in [0.4, 0.5) is 4.79 Å². The van der Waals surface area contributed by atoms with Crippen molar-refractivity contribution < 1.29 is 9.53 Å². The van der Waals surface area contributed by atoms with Crippen molar-refractivity contribution in [3.8, 4) is 0 Å². The van der Waals surface area contributed by atoms with Gasteiger partial charge in [-0.25, -0.2) is 4.79 Å². The summed E-state index contributed by atoms with van der Waals surface area (Å²) in [7, 11) is 0. The van der Waals surface area contributed by atoms with Crippen molar-refractivity contribution in [3.63, 3.8) is 0 Å². The van der Waals surface area contributed by atoms with Crippen LogP contribution in [0.5, 0.6) is 0 Å². The molecule has 2 fully saturated rings. The second-order valence-electron chi connectivity index (χ2n) is 5.47. The summed E-state index contributed by atoms with van der Waals surface area (Å²) >= 11 is 0. The van der Waals surface area contributed by atoms with E-state index in [1.165, 1.54) is 19.3 Å². The molecule has 14 heavy (non-hydrogen) atoms. The van der Waals surface area contributed by atoms with Gasteiger partial charge in [0.2, 0.25) is 0 Å². The van der Waals surface area contributed by atoms with Gasteiger partial charge < -0.3 is 9.64 Å². The average Bonchev–Trinajstić information content (AvgIpc) is 2.59. The zero-order chi connectivity index (χ0) is 10.3. The van der Waals surface area contributed by atoms with E-state index >= 15 is 0 Å². The van der Waals surface area contributed by atoms with Gasteiger partial charge in [0.1, 0.15) is 5.60 Å². The van der Waals surface area contributed by atoms with Crippen molar-refractivity contribution in [3.05, 3.63) is 0 Å². The first-order valence-electron chi connectivity index (χ1n) is 5.45. The van der Waals surface area contributed by atoms with Crippen molar-refractivity contribution in [1.82, 2.24) is 4.90 Å². The Morgan fingerprint density at radius 1 is 1.36 bits per heavy atom. The lowest BCUT2D eigenvalue weighted by molar-refractivity contribution is 0.0191. The Morgan fingerprint density at radius 2 is 2.07 bits per heavy atom. The Hall–Kier alpha value is -0.730. The second kappa shape index (κ2) is 3.14. The quantitative estimate of drug-likeness (QED) is 0.597. The van der Waals surface area contributed by atoms with Crippen LogP contribution in [0.25, 0.3) is 0 Å². The molecule has 2 bridgehead atoms. The second-order valence-corrected chi connectivity index (χ2v) is 5.47. The Morgan fingerprint density at radius 3 is 2.50 bits per heavy atom. The number of carbonyl (C=O) groups excluding carboxylic acids is 1. The minimum absolute atomic E-state index is 0.121. The van der Waals surface area contributed by atoms with Crippen molar-refractivity contribution in [1.29, 1.82) is 0 Å². The van der Waals surface area contributed by atoms with Crippen LogP contribution in [0.2, 0.25) is 0 Å². The summed E-state index contributed by atoms with van der Waals surface area (Å²) in [6.07, 6.45) is 3.54. The number of piperidine rings is 1. The predicted octanol–water partition coefficient (Wildman–Crippen LogP) is 2.41. The van der Waals surface area contributed by atoms with Crippen LogP contribution < -0.4 is 0 Å². The van der Waals surface area contributed by atoms with Crippen LogP contribution in [0.1, 0.15) is 40.0 Å². The number of nitrogens with zero attached hydrogens (tertiary/aromatic N) is 1. The van der Waals surface area contributed by atoms with Gasteiger partial charge in [-0.15, -0.1) is 0 Å². The highest BCUT2D eigenvalue weighted by Crippen LogP contribution is 2.37. The molecule has 0 spiro atoms. The van der Waals surface area contributed by atoms with E-state index in [0.29, 0.717) is 6.04 Å². The minimum Gasteiger partial charge on any atom is -0.444 e. The standard InChI is InChI=1S/C11H19NO2/c1-11(2,3)14-10(13)12-7-8-4-5-9(12)6-8/h8-9H,4-7H2,1-3H3/t8-,9-/m1/s1. The van der Waals surface area contributed by atoms with Crippen LogP contribution in [-0.4, -0.2) is 29.2 Å². The molecule has 1 aliphatic carbocycles. The summed E-state index contributed by atoms with van der Waals surface area (Å²) in [5.41, 5.74) is -0.362. The molecule has 0 radical (unpaired) electrons. The van der Waals surface area contributed by atoms with E-state index in [1.807, 2.05) is 25.7 Å². The van der Waals surface area contributed by atoms with Crippen LogP contribution in [0.3, 0.4) is 0 Å². The maximum Gasteiger partial charge on any atom is 0.410 e. The van der Waals surface area contributed by atoms with Gasteiger partial charge >= 0.3 is 6.09 Å². The molecule has 1 heterocycles. The molecule has 0 N–H and O–H groups in total. The molecule has 1 saturated heterocycles. The van der Waals surface area contributed by atoms with Gasteiger partial charge in [0.05, 0.1) is 0 Å². The van der Waals surface area contributed by atoms with Crippen LogP contribution in [0, 0.1) is 5.92 Å². The molecule has 0 aromatic heterocycles. The summed E-state index contributed by atoms with van der Waals surface area (Å²) in [5.74, 6) is 0.743. The third-order valence-electron chi connectivity index (χ3n) is 3.04. The van der Waals surface area contributed by atoms with Crippen molar-refractivity contribution >= 4 is 6.09 Å². The third-order valence-corrected chi connectivity index (χ3v) is 3.04. The normalized spacial score (nSPS) is 30.9. The summed E-state index contributed by atoms with van der Waals surface area (Å²) in [6, 6.07) is 0.467. The Bertz CT molecular complexity index is 244. The first-order valence-corrected chi connectivity index (χ1v) is 5.45. The van der Waals surface area contributed by atoms with E-state index < -0.39 is 0 Å². The fourth-order valence-electron chi connectivity index (χ4n) is 2.47. The van der Waals surface area contributed by atoms with Crippen LogP contribution in [0.15, 0.2) is 0 Å². The molecule has 1 saturated carbocycles. The van der Waals surface area contributed by atoms with Gasteiger partial charge in [-0.2, -0.15) is 0 Å². The van der Waals surface area contributed by atoms with Gasteiger partial charge in [-0.05, 0) is 46.0 Å². The number of hydrogen-bond donors (Lipinski definition) is 0. The Labute approximate surface area is 85.4 Å². The summed E-state index contributed by atoms with van der Waals surface area (Å²) < 4.78 is 5.36. The van der Waals surface area contributed by atoms with Crippen molar-refractivity contribution in [2.24, 2.45) is 5.92 Å². The lowest BCUT2D eigenvalue weighted by Gasteiger charge is -2.30. The SMILES string of the molecule is CC(C)(C)OC(=O)N1C[C@@H]2CC[C@@H]1C2. The zero-order valence-electron chi connectivity index (χ0n) is 9.25. The van der Waals surface area contributed by atoms with Crippen molar-refractivity contribution in [2.75, 3.05) is 6.54 Å². The molecule has 2 rings (SSSR count). The Kier molecular flexibility index (Phi) is 2.20. The number of fused-ring (bicyclic) bond motifs is 2. The molecule has 3 heteroatoms. The highest BCUT2D eigenvalue weighted by atomic mass is 16.6. The summed E-state index contributed by atoms with van der Waals surface area (Å²) in [5, 5.41) is 0. The van der Waals surface area contributed by atoms with E-state index in [9.17, 15) is 4.79 Å². The largest absolute Gasteiger partial charge is 0.444 e. The number of hydrogen-bond acceptors (Lipinski definition) is 2. The van der Waals surface area contributed by atoms with E-state index in [-0.39, 0.29) is 11.7 Å². The highest BCUT2D eigenvalue weighted by molar-refractivity contribution is 5.69. The van der Waals surface area contributed by atoms with Gasteiger partial charge in [0, 0.05) is 12.6 Å². The fraction of sp³-hybridized carbons (Fsp3) is 0.909. The first kappa shape index (κ1) is 9.81. The van der Waals surface area contributed by atoms with E-state index in [1.54, 1.807) is 0 Å². The summed E-state index contributed by atoms with van der Waals surface area (Å²) in [6.45, 7) is 6.66. The minimum atomic E-state index is -0.362. The molecule has 1 aliphatic heterocycles. The summed E-state index contributed by atoms with van der Waals surface area (Å²) in [4.78, 5) is 13.7. The van der Waals surface area contributed by atoms with Gasteiger partial charge in [-0.1, -0.05) is 0 Å². The molecular weight excluding hydrogens is 178 g/mol. The van der Waals surface area contributed by atoms with Gasteiger partial charge in [0.25, 0.3) is 0 Å². The number of ether oxygens (including phenoxy) is 1. The lowest BCUT2D eigenvalue weighted by atomic mass is 10.1. The zero-order valence-corrected chi connectivity index (χ0v) is 9.25. The maximum absolute atomic E-state index is 11.8. The smallest absolute Gasteiger partial charge is 0.410 e. The van der Waals surface area contributed by atoms with E-state index in [0.717, 1.165) is 12.5 Å². The van der Waals surface area contributed by atoms with Crippen LogP contribution >= 0.6 is 0 Å². The first-order chi connectivity index (χ1) is 6.46. The molecule has 2 aliphatic rings. The van der Waals surface area contributed by atoms with Crippen molar-refractivity contribution in [2.45, 2.75) is 51.7 Å². The van der Waals surface area contributed by atoms with E-state index in [2.05, 4.69) is 0 Å². The molecule has 1 amide bonds. The topological polar surface area (TPSA) is 29.5 Å². The fourth-order valence-corrected chi connectivity index (χ4v) is 2.47. The monoisotopic (exact) mass is 197 g/mol. The lowest BCUT2D eigenvalue weighted by Crippen LogP contribution is -2.41.